The molecule has 2 aliphatic rings. The first-order chi connectivity index (χ1) is 11.9. The summed E-state index contributed by atoms with van der Waals surface area (Å²) in [4.78, 5) is 26.9. The Labute approximate surface area is 148 Å². The van der Waals surface area contributed by atoms with Crippen LogP contribution in [-0.4, -0.2) is 61.7 Å². The first-order valence-corrected chi connectivity index (χ1v) is 10.1. The van der Waals surface area contributed by atoms with Crippen LogP contribution in [0.15, 0.2) is 23.1 Å². The van der Waals surface area contributed by atoms with Crippen molar-refractivity contribution in [3.05, 3.63) is 29.3 Å². The molecule has 0 spiro atoms. The van der Waals surface area contributed by atoms with Crippen LogP contribution in [0, 0.1) is 0 Å². The summed E-state index contributed by atoms with van der Waals surface area (Å²) in [5.41, 5.74) is 0.455. The largest absolute Gasteiger partial charge is 0.334 e. The van der Waals surface area contributed by atoms with Crippen molar-refractivity contribution in [1.82, 2.24) is 14.5 Å². The number of benzene rings is 1. The van der Waals surface area contributed by atoms with E-state index in [1.807, 2.05) is 11.8 Å². The van der Waals surface area contributed by atoms with Crippen LogP contribution in [0.5, 0.6) is 0 Å². The van der Waals surface area contributed by atoms with Gasteiger partial charge in [0, 0.05) is 31.2 Å². The summed E-state index contributed by atoms with van der Waals surface area (Å²) in [6, 6.07) is 4.48. The topological polar surface area (TPSA) is 86.8 Å². The molecule has 0 aromatic heterocycles. The van der Waals surface area contributed by atoms with Crippen molar-refractivity contribution in [2.75, 3.05) is 26.2 Å². The van der Waals surface area contributed by atoms with E-state index in [4.69, 9.17) is 0 Å². The number of amides is 2. The SMILES string of the molecule is CCCN(C(=O)c1ccc2c(c1)S(=O)(=O)N(CC)C2=O)C1CCNC1. The summed E-state index contributed by atoms with van der Waals surface area (Å²) in [6.45, 7) is 5.94. The van der Waals surface area contributed by atoms with Gasteiger partial charge in [0.25, 0.3) is 21.8 Å². The van der Waals surface area contributed by atoms with Gasteiger partial charge in [-0.15, -0.1) is 0 Å². The van der Waals surface area contributed by atoms with Gasteiger partial charge >= 0.3 is 0 Å². The zero-order valence-corrected chi connectivity index (χ0v) is 15.3. The van der Waals surface area contributed by atoms with Gasteiger partial charge in [-0.1, -0.05) is 6.92 Å². The lowest BCUT2D eigenvalue weighted by Gasteiger charge is -2.28. The Morgan fingerprint density at radius 2 is 2.12 bits per heavy atom. The van der Waals surface area contributed by atoms with E-state index in [2.05, 4.69) is 5.32 Å². The maximum Gasteiger partial charge on any atom is 0.268 e. The van der Waals surface area contributed by atoms with E-state index in [9.17, 15) is 18.0 Å². The van der Waals surface area contributed by atoms with Crippen molar-refractivity contribution in [2.45, 2.75) is 37.6 Å². The summed E-state index contributed by atoms with van der Waals surface area (Å²) in [5, 5.41) is 3.25. The van der Waals surface area contributed by atoms with Crippen LogP contribution < -0.4 is 5.32 Å². The average Bonchev–Trinajstić information content (AvgIpc) is 3.18. The fraction of sp³-hybridized carbons (Fsp3) is 0.529. The number of rotatable bonds is 5. The molecule has 0 aliphatic carbocycles. The van der Waals surface area contributed by atoms with Crippen molar-refractivity contribution in [3.8, 4) is 0 Å². The van der Waals surface area contributed by atoms with Gasteiger partial charge < -0.3 is 10.2 Å². The number of fused-ring (bicyclic) bond motifs is 1. The highest BCUT2D eigenvalue weighted by Crippen LogP contribution is 2.31. The Kier molecular flexibility index (Phi) is 4.83. The molecule has 2 aliphatic heterocycles. The molecule has 2 heterocycles. The predicted molar refractivity (Wildman–Crippen MR) is 92.9 cm³/mol. The van der Waals surface area contributed by atoms with E-state index in [1.165, 1.54) is 12.1 Å². The molecule has 1 aromatic rings. The molecule has 2 amide bonds. The van der Waals surface area contributed by atoms with Gasteiger partial charge in [0.2, 0.25) is 0 Å². The second kappa shape index (κ2) is 6.76. The predicted octanol–water partition coefficient (Wildman–Crippen LogP) is 1.07. The third-order valence-electron chi connectivity index (χ3n) is 4.74. The van der Waals surface area contributed by atoms with Crippen molar-refractivity contribution < 1.29 is 18.0 Å². The monoisotopic (exact) mass is 365 g/mol. The fourth-order valence-corrected chi connectivity index (χ4v) is 5.09. The summed E-state index contributed by atoms with van der Waals surface area (Å²) >= 11 is 0. The number of hydrogen-bond acceptors (Lipinski definition) is 5. The fourth-order valence-electron chi connectivity index (χ4n) is 3.48. The molecule has 0 bridgehead atoms. The highest BCUT2D eigenvalue weighted by Gasteiger charge is 2.41. The van der Waals surface area contributed by atoms with E-state index in [0.29, 0.717) is 12.1 Å². The zero-order valence-electron chi connectivity index (χ0n) is 14.5. The molecule has 1 saturated heterocycles. The Bertz CT molecular complexity index is 800. The first kappa shape index (κ1) is 17.9. The molecule has 8 heteroatoms. The van der Waals surface area contributed by atoms with Crippen LogP contribution in [-0.2, 0) is 10.0 Å². The molecule has 1 unspecified atom stereocenters. The molecule has 1 atom stereocenters. The van der Waals surface area contributed by atoms with Gasteiger partial charge in [-0.05, 0) is 44.5 Å². The summed E-state index contributed by atoms with van der Waals surface area (Å²) < 4.78 is 25.9. The van der Waals surface area contributed by atoms with E-state index < -0.39 is 15.9 Å². The summed E-state index contributed by atoms with van der Waals surface area (Å²) in [5.74, 6) is -0.710. The van der Waals surface area contributed by atoms with E-state index in [-0.39, 0.29) is 29.0 Å². The average molecular weight is 365 g/mol. The molecular weight excluding hydrogens is 342 g/mol. The lowest BCUT2D eigenvalue weighted by Crippen LogP contribution is -2.42. The van der Waals surface area contributed by atoms with E-state index in [1.54, 1.807) is 13.0 Å². The lowest BCUT2D eigenvalue weighted by atomic mass is 10.1. The van der Waals surface area contributed by atoms with Gasteiger partial charge in [-0.3, -0.25) is 9.59 Å². The van der Waals surface area contributed by atoms with Crippen LogP contribution in [0.3, 0.4) is 0 Å². The third-order valence-corrected chi connectivity index (χ3v) is 6.64. The van der Waals surface area contributed by atoms with E-state index >= 15 is 0 Å². The minimum Gasteiger partial charge on any atom is -0.334 e. The number of nitrogens with zero attached hydrogens (tertiary/aromatic N) is 2. The molecule has 0 radical (unpaired) electrons. The van der Waals surface area contributed by atoms with Gasteiger partial charge in [0.1, 0.15) is 4.90 Å². The van der Waals surface area contributed by atoms with Gasteiger partial charge in [-0.25, -0.2) is 12.7 Å². The standard InChI is InChI=1S/C17H23N3O4S/c1-3-9-19(13-7-8-18-11-13)16(21)12-5-6-14-15(10-12)25(23,24)20(4-2)17(14)22/h5-6,10,13,18H,3-4,7-9,11H2,1-2H3. The second-order valence-corrected chi connectivity index (χ2v) is 8.16. The molecular formula is C17H23N3O4S. The second-order valence-electron chi connectivity index (χ2n) is 6.33. The Morgan fingerprint density at radius 3 is 2.72 bits per heavy atom. The molecule has 1 aromatic carbocycles. The number of carbonyl (C=O) groups is 2. The number of sulfonamides is 1. The van der Waals surface area contributed by atoms with Crippen LogP contribution in [0.25, 0.3) is 0 Å². The maximum absolute atomic E-state index is 13.0. The molecule has 1 fully saturated rings. The van der Waals surface area contributed by atoms with Crippen molar-refractivity contribution in [2.24, 2.45) is 0 Å². The smallest absolute Gasteiger partial charge is 0.268 e. The number of carbonyl (C=O) groups excluding carboxylic acids is 2. The Morgan fingerprint density at radius 1 is 1.36 bits per heavy atom. The van der Waals surface area contributed by atoms with Gasteiger partial charge in [-0.2, -0.15) is 0 Å². The Balaban J connectivity index is 1.97. The van der Waals surface area contributed by atoms with E-state index in [0.717, 1.165) is 30.2 Å². The van der Waals surface area contributed by atoms with Crippen LogP contribution >= 0.6 is 0 Å². The molecule has 1 N–H and O–H groups in total. The van der Waals surface area contributed by atoms with Gasteiger partial charge in [0.15, 0.2) is 0 Å². The highest BCUT2D eigenvalue weighted by atomic mass is 32.2. The molecule has 25 heavy (non-hydrogen) atoms. The van der Waals surface area contributed by atoms with Crippen molar-refractivity contribution in [1.29, 1.82) is 0 Å². The normalized spacial score (nSPS) is 21.4. The minimum absolute atomic E-state index is 0.0637. The third kappa shape index (κ3) is 2.93. The van der Waals surface area contributed by atoms with Crippen LogP contribution in [0.1, 0.15) is 47.4 Å². The summed E-state index contributed by atoms with van der Waals surface area (Å²) in [7, 11) is -3.86. The zero-order chi connectivity index (χ0) is 18.2. The first-order valence-electron chi connectivity index (χ1n) is 8.64. The molecule has 3 rings (SSSR count). The van der Waals surface area contributed by atoms with Crippen LogP contribution in [0.2, 0.25) is 0 Å². The quantitative estimate of drug-likeness (QED) is 0.843. The molecule has 0 saturated carbocycles. The van der Waals surface area contributed by atoms with Crippen LogP contribution in [0.4, 0.5) is 0 Å². The van der Waals surface area contributed by atoms with Gasteiger partial charge in [0.05, 0.1) is 5.56 Å². The number of hydrogen-bond donors (Lipinski definition) is 1. The lowest BCUT2D eigenvalue weighted by molar-refractivity contribution is 0.0691. The number of nitrogens with one attached hydrogen (secondary N) is 1. The maximum atomic E-state index is 13.0. The molecule has 136 valence electrons. The highest BCUT2D eigenvalue weighted by molar-refractivity contribution is 7.90. The van der Waals surface area contributed by atoms with Crippen molar-refractivity contribution >= 4 is 21.8 Å². The minimum atomic E-state index is -3.86. The Hall–Kier alpha value is -1.93. The summed E-state index contributed by atoms with van der Waals surface area (Å²) in [6.07, 6.45) is 1.71. The molecule has 7 nitrogen and oxygen atoms in total. The van der Waals surface area contributed by atoms with Crippen molar-refractivity contribution in [3.63, 3.8) is 0 Å².